The smallest absolute Gasteiger partial charge is 0.209 e. The van der Waals surface area contributed by atoms with Crippen LogP contribution in [0.25, 0.3) is 0 Å². The summed E-state index contributed by atoms with van der Waals surface area (Å²) >= 11 is 1.01. The van der Waals surface area contributed by atoms with E-state index in [2.05, 4.69) is 10.4 Å². The third-order valence-corrected chi connectivity index (χ3v) is 3.09. The molecule has 3 nitrogen and oxygen atoms in total. The van der Waals surface area contributed by atoms with Crippen LogP contribution < -0.4 is 0 Å². The van der Waals surface area contributed by atoms with E-state index in [0.29, 0.717) is 0 Å². The summed E-state index contributed by atoms with van der Waals surface area (Å²) in [7, 11) is -3.08. The minimum Gasteiger partial charge on any atom is -0.233 e. The van der Waals surface area contributed by atoms with Gasteiger partial charge in [0.2, 0.25) is 14.2 Å². The van der Waals surface area contributed by atoms with Crippen molar-refractivity contribution in [3.05, 3.63) is 11.6 Å². The highest BCUT2D eigenvalue weighted by Gasteiger charge is 2.07. The molecule has 0 aliphatic rings. The van der Waals surface area contributed by atoms with E-state index in [4.69, 9.17) is 0 Å². The van der Waals surface area contributed by atoms with Crippen LogP contribution in [0, 0.1) is 5.38 Å². The second-order valence-electron chi connectivity index (χ2n) is 1.52. The molecule has 1 aromatic heterocycles. The van der Waals surface area contributed by atoms with Crippen molar-refractivity contribution in [3.63, 3.8) is 0 Å². The lowest BCUT2D eigenvalue weighted by Crippen LogP contribution is -1.94. The van der Waals surface area contributed by atoms with Crippen LogP contribution in [0.3, 0.4) is 0 Å². The molecule has 1 rings (SSSR count). The Bertz CT molecular complexity index is 274. The van der Waals surface area contributed by atoms with Gasteiger partial charge in [0.25, 0.3) is 0 Å². The molecule has 0 atom stereocenters. The predicted octanol–water partition coefficient (Wildman–Crippen LogP) is 0.347. The number of aromatic nitrogens is 1. The van der Waals surface area contributed by atoms with Gasteiger partial charge in [0.15, 0.2) is 0 Å². The average molecular weight is 162 g/mol. The Morgan fingerprint density at radius 1 is 1.78 bits per heavy atom. The topological polar surface area (TPSA) is 47.0 Å². The molecule has 0 N–H and O–H groups in total. The van der Waals surface area contributed by atoms with Crippen LogP contribution in [-0.4, -0.2) is 19.7 Å². The molecular formula is C4H4NO2S2. The number of sulfone groups is 1. The Hall–Kier alpha value is -0.420. The Kier molecular flexibility index (Phi) is 1.54. The quantitative estimate of drug-likeness (QED) is 0.598. The highest BCUT2D eigenvalue weighted by atomic mass is 32.2. The molecule has 0 aliphatic heterocycles. The van der Waals surface area contributed by atoms with E-state index in [9.17, 15) is 8.42 Å². The van der Waals surface area contributed by atoms with Gasteiger partial charge in [0.05, 0.1) is 5.38 Å². The maximum Gasteiger partial charge on any atom is 0.209 e. The SMILES string of the molecule is CS(=O)(=O)c1nc[c]s1. The van der Waals surface area contributed by atoms with Crippen molar-refractivity contribution in [2.75, 3.05) is 6.26 Å². The molecule has 1 heterocycles. The van der Waals surface area contributed by atoms with Crippen molar-refractivity contribution >= 4 is 21.2 Å². The molecule has 0 aromatic carbocycles. The lowest BCUT2D eigenvalue weighted by atomic mass is 11.0. The minimum absolute atomic E-state index is 0.127. The first-order valence-corrected chi connectivity index (χ1v) is 4.83. The molecule has 1 aromatic rings. The fourth-order valence-corrected chi connectivity index (χ4v) is 1.66. The predicted molar refractivity (Wildman–Crippen MR) is 34.1 cm³/mol. The number of hydrogen-bond acceptors (Lipinski definition) is 4. The Morgan fingerprint density at radius 2 is 2.44 bits per heavy atom. The summed E-state index contributed by atoms with van der Waals surface area (Å²) in [6, 6.07) is 0. The average Bonchev–Trinajstić information content (AvgIpc) is 2.08. The van der Waals surface area contributed by atoms with Crippen molar-refractivity contribution < 1.29 is 8.42 Å². The highest BCUT2D eigenvalue weighted by molar-refractivity contribution is 7.92. The van der Waals surface area contributed by atoms with Crippen LogP contribution in [0.1, 0.15) is 0 Å². The molecule has 0 spiro atoms. The van der Waals surface area contributed by atoms with Gasteiger partial charge in [-0.05, 0) is 0 Å². The van der Waals surface area contributed by atoms with E-state index in [0.717, 1.165) is 17.6 Å². The Labute approximate surface area is 57.3 Å². The molecule has 0 fully saturated rings. The standard InChI is InChI=1S/C4H4NO2S2/c1-9(6,7)4-5-2-3-8-4/h2H,1H3. The van der Waals surface area contributed by atoms with E-state index < -0.39 is 9.84 Å². The molecule has 0 amide bonds. The van der Waals surface area contributed by atoms with Crippen molar-refractivity contribution in [2.45, 2.75) is 4.34 Å². The summed E-state index contributed by atoms with van der Waals surface area (Å²) in [4.78, 5) is 3.56. The van der Waals surface area contributed by atoms with E-state index >= 15 is 0 Å². The minimum atomic E-state index is -3.08. The number of nitrogens with zero attached hydrogens (tertiary/aromatic N) is 1. The van der Waals surface area contributed by atoms with E-state index in [-0.39, 0.29) is 4.34 Å². The largest absolute Gasteiger partial charge is 0.233 e. The van der Waals surface area contributed by atoms with E-state index in [1.54, 1.807) is 0 Å². The zero-order chi connectivity index (χ0) is 6.91. The molecule has 0 unspecified atom stereocenters. The van der Waals surface area contributed by atoms with Crippen molar-refractivity contribution in [1.29, 1.82) is 0 Å². The first-order chi connectivity index (χ1) is 4.11. The maximum absolute atomic E-state index is 10.6. The van der Waals surface area contributed by atoms with Crippen LogP contribution in [-0.2, 0) is 9.84 Å². The third kappa shape index (κ3) is 1.49. The van der Waals surface area contributed by atoms with Gasteiger partial charge < -0.3 is 0 Å². The summed E-state index contributed by atoms with van der Waals surface area (Å²) in [6.07, 6.45) is 2.47. The van der Waals surface area contributed by atoms with Crippen molar-refractivity contribution in [1.82, 2.24) is 4.98 Å². The molecule has 5 heteroatoms. The summed E-state index contributed by atoms with van der Waals surface area (Å²) in [6.45, 7) is 0. The zero-order valence-corrected chi connectivity index (χ0v) is 6.29. The monoisotopic (exact) mass is 162 g/mol. The Morgan fingerprint density at radius 3 is 2.67 bits per heavy atom. The van der Waals surface area contributed by atoms with Gasteiger partial charge in [-0.25, -0.2) is 13.4 Å². The van der Waals surface area contributed by atoms with Gasteiger partial charge in [-0.15, -0.1) is 11.3 Å². The Balaban J connectivity index is 3.20. The molecule has 0 saturated carbocycles. The van der Waals surface area contributed by atoms with Crippen LogP contribution in [0.15, 0.2) is 10.5 Å². The van der Waals surface area contributed by atoms with E-state index in [1.165, 1.54) is 6.20 Å². The van der Waals surface area contributed by atoms with E-state index in [1.807, 2.05) is 0 Å². The molecule has 0 aliphatic carbocycles. The second kappa shape index (κ2) is 2.07. The first-order valence-electron chi connectivity index (χ1n) is 2.12. The fraction of sp³-hybridized carbons (Fsp3) is 0.250. The van der Waals surface area contributed by atoms with Gasteiger partial charge in [-0.3, -0.25) is 0 Å². The fourth-order valence-electron chi connectivity index (χ4n) is 0.354. The molecule has 9 heavy (non-hydrogen) atoms. The van der Waals surface area contributed by atoms with Gasteiger partial charge in [0, 0.05) is 12.5 Å². The molecule has 49 valence electrons. The van der Waals surface area contributed by atoms with Gasteiger partial charge >= 0.3 is 0 Å². The molecule has 0 saturated heterocycles. The summed E-state index contributed by atoms with van der Waals surface area (Å²) in [5.41, 5.74) is 0. The van der Waals surface area contributed by atoms with Crippen molar-refractivity contribution in [2.24, 2.45) is 0 Å². The second-order valence-corrected chi connectivity index (χ2v) is 4.53. The van der Waals surface area contributed by atoms with Crippen LogP contribution in [0.2, 0.25) is 0 Å². The molecular weight excluding hydrogens is 158 g/mol. The normalized spacial score (nSPS) is 11.7. The summed E-state index contributed by atoms with van der Waals surface area (Å²) in [5, 5.41) is 2.59. The lowest BCUT2D eigenvalue weighted by Gasteiger charge is -1.84. The maximum atomic E-state index is 10.6. The van der Waals surface area contributed by atoms with Crippen molar-refractivity contribution in [3.8, 4) is 0 Å². The highest BCUT2D eigenvalue weighted by Crippen LogP contribution is 2.09. The van der Waals surface area contributed by atoms with Gasteiger partial charge in [-0.1, -0.05) is 0 Å². The molecule has 1 radical (unpaired) electrons. The van der Waals surface area contributed by atoms with Crippen LogP contribution in [0.5, 0.6) is 0 Å². The first kappa shape index (κ1) is 6.70. The van der Waals surface area contributed by atoms with Gasteiger partial charge in [-0.2, -0.15) is 0 Å². The molecule has 0 bridgehead atoms. The van der Waals surface area contributed by atoms with Crippen LogP contribution in [0.4, 0.5) is 0 Å². The van der Waals surface area contributed by atoms with Crippen LogP contribution >= 0.6 is 11.3 Å². The summed E-state index contributed by atoms with van der Waals surface area (Å²) < 4.78 is 21.4. The number of hydrogen-bond donors (Lipinski definition) is 0. The number of rotatable bonds is 1. The number of thiazole rings is 1. The zero-order valence-electron chi connectivity index (χ0n) is 4.66. The summed E-state index contributed by atoms with van der Waals surface area (Å²) in [5.74, 6) is 0. The lowest BCUT2D eigenvalue weighted by molar-refractivity contribution is 0.601. The third-order valence-electron chi connectivity index (χ3n) is 0.686. The van der Waals surface area contributed by atoms with Gasteiger partial charge in [0.1, 0.15) is 0 Å².